The third-order valence-corrected chi connectivity index (χ3v) is 6.66. The van der Waals surface area contributed by atoms with Gasteiger partial charge in [0, 0.05) is 5.39 Å². The molecule has 0 aliphatic carbocycles. The number of alkyl halides is 3. The van der Waals surface area contributed by atoms with Crippen molar-refractivity contribution in [1.82, 2.24) is 0 Å². The van der Waals surface area contributed by atoms with Gasteiger partial charge in [0.15, 0.2) is 0 Å². The van der Waals surface area contributed by atoms with Crippen molar-refractivity contribution in [3.63, 3.8) is 0 Å². The first-order valence-corrected chi connectivity index (χ1v) is 12.4. The van der Waals surface area contributed by atoms with Gasteiger partial charge < -0.3 is 0 Å². The van der Waals surface area contributed by atoms with E-state index in [-0.39, 0.29) is 18.7 Å². The van der Waals surface area contributed by atoms with E-state index < -0.39 is 17.6 Å². The number of rotatable bonds is 9. The van der Waals surface area contributed by atoms with Crippen LogP contribution in [0.3, 0.4) is 0 Å². The van der Waals surface area contributed by atoms with Gasteiger partial charge in [0.2, 0.25) is 0 Å². The fourth-order valence-electron chi connectivity index (χ4n) is 4.55. The van der Waals surface area contributed by atoms with Gasteiger partial charge in [-0.1, -0.05) is 80.8 Å². The molecule has 0 bridgehead atoms. The molecule has 4 aromatic rings. The predicted octanol–water partition coefficient (Wildman–Crippen LogP) is 9.71. The van der Waals surface area contributed by atoms with Gasteiger partial charge in [0.05, 0.1) is 5.56 Å². The number of hydrogen-bond donors (Lipinski definition) is 0. The molecule has 0 fully saturated rings. The molecule has 0 aliphatic heterocycles. The van der Waals surface area contributed by atoms with Gasteiger partial charge in [-0.05, 0) is 77.1 Å². The molecule has 0 aromatic heterocycles. The molecule has 36 heavy (non-hydrogen) atoms. The zero-order valence-corrected chi connectivity index (χ0v) is 20.3. The number of halogens is 5. The zero-order chi connectivity index (χ0) is 25.7. The van der Waals surface area contributed by atoms with E-state index in [0.717, 1.165) is 35.1 Å². The largest absolute Gasteiger partial charge is 0.419 e. The lowest BCUT2D eigenvalue weighted by Gasteiger charge is -2.11. The summed E-state index contributed by atoms with van der Waals surface area (Å²) < 4.78 is 67.4. The van der Waals surface area contributed by atoms with E-state index in [1.54, 1.807) is 12.1 Å². The van der Waals surface area contributed by atoms with Crippen molar-refractivity contribution in [2.75, 3.05) is 0 Å². The third kappa shape index (κ3) is 6.13. The van der Waals surface area contributed by atoms with Crippen molar-refractivity contribution in [2.24, 2.45) is 0 Å². The van der Waals surface area contributed by atoms with Crippen LogP contribution in [0.15, 0.2) is 72.8 Å². The predicted molar refractivity (Wildman–Crippen MR) is 136 cm³/mol. The minimum atomic E-state index is -4.73. The first kappa shape index (κ1) is 25.9. The Morgan fingerprint density at radius 3 is 2.06 bits per heavy atom. The summed E-state index contributed by atoms with van der Waals surface area (Å²) in [5, 5.41) is 1.26. The van der Waals surface area contributed by atoms with Gasteiger partial charge in [-0.2, -0.15) is 13.2 Å². The minimum Gasteiger partial charge on any atom is -0.206 e. The third-order valence-electron chi connectivity index (χ3n) is 6.66. The van der Waals surface area contributed by atoms with Crippen LogP contribution >= 0.6 is 0 Å². The lowest BCUT2D eigenvalue weighted by Crippen LogP contribution is -2.08. The van der Waals surface area contributed by atoms with Crippen molar-refractivity contribution < 1.29 is 22.0 Å². The number of benzene rings is 4. The maximum atomic E-state index is 15.2. The summed E-state index contributed by atoms with van der Waals surface area (Å²) in [6.45, 7) is 2.21. The highest BCUT2D eigenvalue weighted by atomic mass is 19.4. The molecule has 0 unspecified atom stereocenters. The highest BCUT2D eigenvalue weighted by molar-refractivity contribution is 5.88. The summed E-state index contributed by atoms with van der Waals surface area (Å²) in [7, 11) is 0. The summed E-state index contributed by atoms with van der Waals surface area (Å²) >= 11 is 0. The van der Waals surface area contributed by atoms with Gasteiger partial charge in [0.1, 0.15) is 11.6 Å². The van der Waals surface area contributed by atoms with Gasteiger partial charge in [0.25, 0.3) is 0 Å². The Hall–Kier alpha value is -3.21. The Labute approximate surface area is 208 Å². The smallest absolute Gasteiger partial charge is 0.206 e. The van der Waals surface area contributed by atoms with Crippen molar-refractivity contribution in [3.8, 4) is 11.1 Å². The van der Waals surface area contributed by atoms with Crippen molar-refractivity contribution in [3.05, 3.63) is 107 Å². The molecule has 0 N–H and O–H groups in total. The van der Waals surface area contributed by atoms with Gasteiger partial charge >= 0.3 is 6.18 Å². The Bertz CT molecular complexity index is 1320. The van der Waals surface area contributed by atoms with E-state index in [4.69, 9.17) is 0 Å². The van der Waals surface area contributed by atoms with Crippen LogP contribution in [0.25, 0.3) is 21.9 Å². The monoisotopic (exact) mass is 496 g/mol. The number of aryl methyl sites for hydroxylation is 3. The van der Waals surface area contributed by atoms with E-state index in [1.165, 1.54) is 37.3 Å². The highest BCUT2D eigenvalue weighted by Gasteiger charge is 2.33. The molecule has 4 rings (SSSR count). The molecule has 0 nitrogen and oxygen atoms in total. The van der Waals surface area contributed by atoms with Crippen molar-refractivity contribution in [2.45, 2.75) is 58.0 Å². The maximum absolute atomic E-state index is 15.2. The number of fused-ring (bicyclic) bond motifs is 1. The second-order valence-electron chi connectivity index (χ2n) is 9.29. The summed E-state index contributed by atoms with van der Waals surface area (Å²) in [5.74, 6) is -1.66. The summed E-state index contributed by atoms with van der Waals surface area (Å²) in [6, 6.07) is 20.5. The van der Waals surface area contributed by atoms with Gasteiger partial charge in [-0.15, -0.1) is 0 Å². The molecule has 0 spiro atoms. The molecule has 0 amide bonds. The van der Waals surface area contributed by atoms with Crippen LogP contribution in [0.4, 0.5) is 22.0 Å². The van der Waals surface area contributed by atoms with E-state index in [0.29, 0.717) is 16.5 Å². The van der Waals surface area contributed by atoms with E-state index >= 15 is 4.39 Å². The Morgan fingerprint density at radius 2 is 1.36 bits per heavy atom. The second kappa shape index (κ2) is 11.2. The summed E-state index contributed by atoms with van der Waals surface area (Å²) in [6.07, 6.45) is 1.77. The van der Waals surface area contributed by atoms with Gasteiger partial charge in [-0.3, -0.25) is 0 Å². The highest BCUT2D eigenvalue weighted by Crippen LogP contribution is 2.32. The fraction of sp³-hybridized carbons (Fsp3) is 0.290. The van der Waals surface area contributed by atoms with Crippen LogP contribution < -0.4 is 0 Å². The first-order chi connectivity index (χ1) is 17.3. The van der Waals surface area contributed by atoms with Gasteiger partial charge in [-0.25, -0.2) is 8.78 Å². The molecule has 0 atom stereocenters. The Balaban J connectivity index is 1.46. The minimum absolute atomic E-state index is 0.236. The topological polar surface area (TPSA) is 0 Å². The number of hydrogen-bond acceptors (Lipinski definition) is 0. The lowest BCUT2D eigenvalue weighted by molar-refractivity contribution is -0.140. The quantitative estimate of drug-likeness (QED) is 0.160. The first-order valence-electron chi connectivity index (χ1n) is 12.4. The fourth-order valence-corrected chi connectivity index (χ4v) is 4.55. The van der Waals surface area contributed by atoms with Crippen LogP contribution in [0.1, 0.15) is 54.9 Å². The normalized spacial score (nSPS) is 11.8. The molecular weight excluding hydrogens is 467 g/mol. The molecule has 0 aliphatic rings. The van der Waals surface area contributed by atoms with E-state index in [2.05, 4.69) is 31.2 Å². The molecule has 188 valence electrons. The van der Waals surface area contributed by atoms with Crippen molar-refractivity contribution >= 4 is 10.8 Å². The summed E-state index contributed by atoms with van der Waals surface area (Å²) in [5.41, 5.74) is 2.95. The average molecular weight is 497 g/mol. The molecule has 0 saturated carbocycles. The SMILES string of the molecule is CCCCCCc1ccc(-c2ccc3c(F)c(CCc4ccc(C(F)(F)F)c(F)c4)ccc3c2)cc1. The standard InChI is InChI=1S/C31H29F5/c1-2-3-4-5-6-21-7-11-23(12-8-21)25-16-17-27-26(20-25)15-14-24(30(27)33)13-9-22-10-18-28(29(32)19-22)31(34,35)36/h7-8,10-12,14-20H,2-6,9,13H2,1H3. The van der Waals surface area contributed by atoms with Crippen LogP contribution in [-0.4, -0.2) is 0 Å². The van der Waals surface area contributed by atoms with Crippen LogP contribution in [0.5, 0.6) is 0 Å². The molecule has 4 aromatic carbocycles. The average Bonchev–Trinajstić information content (AvgIpc) is 2.86. The van der Waals surface area contributed by atoms with Crippen LogP contribution in [0, 0.1) is 11.6 Å². The zero-order valence-electron chi connectivity index (χ0n) is 20.3. The number of unbranched alkanes of at least 4 members (excludes halogenated alkanes) is 3. The molecule has 0 heterocycles. The van der Waals surface area contributed by atoms with Crippen LogP contribution in [-0.2, 0) is 25.4 Å². The molecule has 0 radical (unpaired) electrons. The maximum Gasteiger partial charge on any atom is 0.419 e. The summed E-state index contributed by atoms with van der Waals surface area (Å²) in [4.78, 5) is 0. The van der Waals surface area contributed by atoms with Crippen LogP contribution in [0.2, 0.25) is 0 Å². The Kier molecular flexibility index (Phi) is 8.07. The molecule has 0 saturated heterocycles. The second-order valence-corrected chi connectivity index (χ2v) is 9.29. The molecular formula is C31H29F5. The van der Waals surface area contributed by atoms with E-state index in [9.17, 15) is 17.6 Å². The Morgan fingerprint density at radius 1 is 0.639 bits per heavy atom. The van der Waals surface area contributed by atoms with Crippen molar-refractivity contribution in [1.29, 1.82) is 0 Å². The van der Waals surface area contributed by atoms with E-state index in [1.807, 2.05) is 18.2 Å². The lowest BCUT2D eigenvalue weighted by atomic mass is 9.96. The molecule has 5 heteroatoms.